The van der Waals surface area contributed by atoms with Gasteiger partial charge in [0.15, 0.2) is 0 Å². The number of halogens is 1. The molecule has 2 aromatic carbocycles. The summed E-state index contributed by atoms with van der Waals surface area (Å²) in [4.78, 5) is 17.2. The maximum absolute atomic E-state index is 14.4. The van der Waals surface area contributed by atoms with Gasteiger partial charge < -0.3 is 14.7 Å². The minimum absolute atomic E-state index is 0.00364. The zero-order valence-electron chi connectivity index (χ0n) is 17.6. The predicted octanol–water partition coefficient (Wildman–Crippen LogP) is 2.79. The third-order valence-electron chi connectivity index (χ3n) is 7.39. The predicted molar refractivity (Wildman–Crippen MR) is 115 cm³/mol. The number of carbonyl (C=O) groups is 1. The van der Waals surface area contributed by atoms with Gasteiger partial charge in [-0.1, -0.05) is 48.5 Å². The maximum atomic E-state index is 14.4. The Morgan fingerprint density at radius 1 is 1.06 bits per heavy atom. The minimum Gasteiger partial charge on any atom is -0.395 e. The van der Waals surface area contributed by atoms with Crippen molar-refractivity contribution in [2.45, 2.75) is 36.9 Å². The van der Waals surface area contributed by atoms with Crippen molar-refractivity contribution in [3.63, 3.8) is 0 Å². The van der Waals surface area contributed by atoms with E-state index in [0.29, 0.717) is 38.4 Å². The molecule has 1 N–H and O–H groups in total. The van der Waals surface area contributed by atoms with Crippen LogP contribution >= 0.6 is 0 Å². The van der Waals surface area contributed by atoms with Crippen molar-refractivity contribution >= 4 is 5.91 Å². The molecular weight excluding hydrogens is 395 g/mol. The molecule has 3 aliphatic heterocycles. The summed E-state index contributed by atoms with van der Waals surface area (Å²) < 4.78 is 19.8. The van der Waals surface area contributed by atoms with E-state index in [2.05, 4.69) is 17.0 Å². The van der Waals surface area contributed by atoms with Gasteiger partial charge in [-0.05, 0) is 24.5 Å². The fourth-order valence-electron chi connectivity index (χ4n) is 5.80. The van der Waals surface area contributed by atoms with Gasteiger partial charge in [-0.25, -0.2) is 4.39 Å². The Morgan fingerprint density at radius 2 is 1.74 bits per heavy atom. The summed E-state index contributed by atoms with van der Waals surface area (Å²) in [5.74, 6) is 0.130. The number of hydrogen-bond donors (Lipinski definition) is 1. The Balaban J connectivity index is 1.41. The van der Waals surface area contributed by atoms with E-state index in [1.54, 1.807) is 12.1 Å². The number of nitrogens with zero attached hydrogens (tertiary/aromatic N) is 2. The molecule has 1 spiro atoms. The first-order chi connectivity index (χ1) is 15.1. The average molecular weight is 425 g/mol. The normalized spacial score (nSPS) is 25.8. The van der Waals surface area contributed by atoms with Crippen LogP contribution in [-0.4, -0.2) is 65.3 Å². The van der Waals surface area contributed by atoms with Crippen molar-refractivity contribution < 1.29 is 19.0 Å². The monoisotopic (exact) mass is 424 g/mol. The largest absolute Gasteiger partial charge is 0.395 e. The first-order valence-electron chi connectivity index (χ1n) is 11.2. The van der Waals surface area contributed by atoms with Gasteiger partial charge >= 0.3 is 0 Å². The molecule has 164 valence electrons. The summed E-state index contributed by atoms with van der Waals surface area (Å²) in [5, 5.41) is 10.2. The third-order valence-corrected chi connectivity index (χ3v) is 7.39. The van der Waals surface area contributed by atoms with Crippen LogP contribution in [0.25, 0.3) is 0 Å². The molecule has 6 heteroatoms. The standard InChI is InChI=1S/C25H29FN2O3/c26-21-9-5-4-8-20(21)14-28-22(15-29)23(18-6-2-1-3-7-18)25(28)16-27(17-25)24(30)19-10-12-31-13-11-19/h1-9,19,22-23,29H,10-17H2/t22-,23-/m1/s1. The summed E-state index contributed by atoms with van der Waals surface area (Å²) in [6.45, 7) is 2.97. The van der Waals surface area contributed by atoms with Crippen molar-refractivity contribution in [2.75, 3.05) is 32.9 Å². The van der Waals surface area contributed by atoms with Crippen LogP contribution in [0.1, 0.15) is 29.9 Å². The molecule has 0 bridgehead atoms. The lowest BCUT2D eigenvalue weighted by atomic mass is 9.60. The molecule has 0 unspecified atom stereocenters. The van der Waals surface area contributed by atoms with Gasteiger partial charge in [0.05, 0.1) is 12.1 Å². The maximum Gasteiger partial charge on any atom is 0.225 e. The van der Waals surface area contributed by atoms with Crippen molar-refractivity contribution in [3.8, 4) is 0 Å². The Kier molecular flexibility index (Phi) is 5.54. The topological polar surface area (TPSA) is 53.0 Å². The number of amides is 1. The van der Waals surface area contributed by atoms with E-state index in [1.807, 2.05) is 29.2 Å². The van der Waals surface area contributed by atoms with E-state index in [0.717, 1.165) is 12.8 Å². The Bertz CT molecular complexity index is 925. The van der Waals surface area contributed by atoms with Gasteiger partial charge in [0, 0.05) is 56.3 Å². The number of rotatable bonds is 5. The molecule has 5 rings (SSSR count). The van der Waals surface area contributed by atoms with E-state index in [4.69, 9.17) is 4.74 Å². The first kappa shape index (κ1) is 20.6. The van der Waals surface area contributed by atoms with Crippen LogP contribution in [0.4, 0.5) is 4.39 Å². The lowest BCUT2D eigenvalue weighted by molar-refractivity contribution is -0.203. The fourth-order valence-corrected chi connectivity index (χ4v) is 5.80. The molecule has 0 aromatic heterocycles. The van der Waals surface area contributed by atoms with Crippen LogP contribution in [0.2, 0.25) is 0 Å². The molecule has 3 aliphatic rings. The van der Waals surface area contributed by atoms with Gasteiger partial charge in [-0.2, -0.15) is 0 Å². The fraction of sp³-hybridized carbons (Fsp3) is 0.480. The highest BCUT2D eigenvalue weighted by Crippen LogP contribution is 2.54. The molecule has 3 heterocycles. The molecule has 2 aromatic rings. The second kappa shape index (κ2) is 8.34. The summed E-state index contributed by atoms with van der Waals surface area (Å²) in [6.07, 6.45) is 1.56. The summed E-state index contributed by atoms with van der Waals surface area (Å²) >= 11 is 0. The highest BCUT2D eigenvalue weighted by Gasteiger charge is 2.66. The van der Waals surface area contributed by atoms with E-state index in [9.17, 15) is 14.3 Å². The first-order valence-corrected chi connectivity index (χ1v) is 11.2. The van der Waals surface area contributed by atoms with E-state index in [1.165, 1.54) is 11.6 Å². The van der Waals surface area contributed by atoms with Crippen LogP contribution < -0.4 is 0 Å². The lowest BCUT2D eigenvalue weighted by Gasteiger charge is -2.71. The zero-order valence-corrected chi connectivity index (χ0v) is 17.6. The Labute approximate surface area is 182 Å². The van der Waals surface area contributed by atoms with Crippen molar-refractivity contribution in [1.29, 1.82) is 0 Å². The molecule has 2 atom stereocenters. The number of aliphatic hydroxyl groups is 1. The van der Waals surface area contributed by atoms with E-state index >= 15 is 0 Å². The molecule has 3 saturated heterocycles. The quantitative estimate of drug-likeness (QED) is 0.802. The summed E-state index contributed by atoms with van der Waals surface area (Å²) in [6, 6.07) is 16.9. The van der Waals surface area contributed by atoms with Gasteiger partial charge in [0.25, 0.3) is 0 Å². The van der Waals surface area contributed by atoms with E-state index < -0.39 is 0 Å². The highest BCUT2D eigenvalue weighted by atomic mass is 19.1. The van der Waals surface area contributed by atoms with Gasteiger partial charge in [-0.15, -0.1) is 0 Å². The molecule has 0 saturated carbocycles. The summed E-state index contributed by atoms with van der Waals surface area (Å²) in [5.41, 5.74) is 1.53. The molecule has 31 heavy (non-hydrogen) atoms. The van der Waals surface area contributed by atoms with Crippen LogP contribution in [0.3, 0.4) is 0 Å². The number of likely N-dealkylation sites (tertiary alicyclic amines) is 2. The smallest absolute Gasteiger partial charge is 0.225 e. The Hall–Kier alpha value is -2.28. The molecule has 0 aliphatic carbocycles. The van der Waals surface area contributed by atoms with Crippen molar-refractivity contribution in [1.82, 2.24) is 9.80 Å². The van der Waals surface area contributed by atoms with Crippen LogP contribution in [-0.2, 0) is 16.1 Å². The second-order valence-corrected chi connectivity index (χ2v) is 9.04. The van der Waals surface area contributed by atoms with Crippen LogP contribution in [0.5, 0.6) is 0 Å². The number of hydrogen-bond acceptors (Lipinski definition) is 4. The number of carbonyl (C=O) groups excluding carboxylic acids is 1. The van der Waals surface area contributed by atoms with Gasteiger partial charge in [-0.3, -0.25) is 9.69 Å². The molecule has 0 radical (unpaired) electrons. The SMILES string of the molecule is O=C(C1CCOCC1)N1CC2(C1)[C@H](c1ccccc1)[C@@H](CO)N2Cc1ccccc1F. The molecule has 3 fully saturated rings. The van der Waals surface area contributed by atoms with Gasteiger partial charge in [0.1, 0.15) is 5.82 Å². The molecule has 1 amide bonds. The number of aliphatic hydroxyl groups excluding tert-OH is 1. The molecular formula is C25H29FN2O3. The number of ether oxygens (including phenoxy) is 1. The van der Waals surface area contributed by atoms with E-state index in [-0.39, 0.29) is 41.7 Å². The lowest BCUT2D eigenvalue weighted by Crippen LogP contribution is -2.84. The third kappa shape index (κ3) is 3.47. The zero-order chi connectivity index (χ0) is 21.4. The number of benzene rings is 2. The average Bonchev–Trinajstić information content (AvgIpc) is 2.78. The molecule has 5 nitrogen and oxygen atoms in total. The van der Waals surface area contributed by atoms with Crippen LogP contribution in [0.15, 0.2) is 54.6 Å². The van der Waals surface area contributed by atoms with Crippen LogP contribution in [0, 0.1) is 11.7 Å². The van der Waals surface area contributed by atoms with Crippen molar-refractivity contribution in [3.05, 3.63) is 71.5 Å². The highest BCUT2D eigenvalue weighted by molar-refractivity contribution is 5.80. The van der Waals surface area contributed by atoms with Crippen molar-refractivity contribution in [2.24, 2.45) is 5.92 Å². The Morgan fingerprint density at radius 3 is 2.42 bits per heavy atom. The van der Waals surface area contributed by atoms with Gasteiger partial charge in [0.2, 0.25) is 5.91 Å². The second-order valence-electron chi connectivity index (χ2n) is 9.04. The minimum atomic E-state index is -0.266. The summed E-state index contributed by atoms with van der Waals surface area (Å²) in [7, 11) is 0.